The molecule has 1 aromatic heterocycles. The molecule has 0 aliphatic heterocycles. The molecule has 2 aromatic rings. The van der Waals surface area contributed by atoms with Crippen molar-refractivity contribution in [2.45, 2.75) is 26.2 Å². The van der Waals surface area contributed by atoms with Crippen molar-refractivity contribution in [3.8, 4) is 0 Å². The average Bonchev–Trinajstić information content (AvgIpc) is 2.60. The lowest BCUT2D eigenvalue weighted by molar-refractivity contribution is -0.124. The molecule has 0 fully saturated rings. The van der Waals surface area contributed by atoms with E-state index >= 15 is 0 Å². The number of rotatable bonds is 7. The van der Waals surface area contributed by atoms with E-state index in [0.717, 1.165) is 12.0 Å². The van der Waals surface area contributed by atoms with E-state index in [1.165, 1.54) is 23.9 Å². The van der Waals surface area contributed by atoms with E-state index in [1.54, 1.807) is 0 Å². The zero-order valence-electron chi connectivity index (χ0n) is 14.3. The van der Waals surface area contributed by atoms with Gasteiger partial charge in [0.05, 0.1) is 5.56 Å². The van der Waals surface area contributed by atoms with Gasteiger partial charge >= 0.3 is 5.97 Å². The predicted octanol–water partition coefficient (Wildman–Crippen LogP) is 3.37. The van der Waals surface area contributed by atoms with Gasteiger partial charge in [-0.2, -0.15) is 0 Å². The zero-order valence-corrected chi connectivity index (χ0v) is 15.0. The van der Waals surface area contributed by atoms with Crippen LogP contribution in [0.3, 0.4) is 0 Å². The van der Waals surface area contributed by atoms with Gasteiger partial charge in [-0.05, 0) is 35.6 Å². The van der Waals surface area contributed by atoms with Crippen LogP contribution in [0, 0.1) is 0 Å². The maximum absolute atomic E-state index is 11.8. The molecule has 1 aromatic carbocycles. The minimum atomic E-state index is -0.608. The summed E-state index contributed by atoms with van der Waals surface area (Å²) in [6.07, 6.45) is 2.03. The van der Waals surface area contributed by atoms with E-state index in [-0.39, 0.29) is 23.2 Å². The first-order valence-corrected chi connectivity index (χ1v) is 8.47. The second-order valence-corrected chi connectivity index (χ2v) is 6.33. The van der Waals surface area contributed by atoms with E-state index in [4.69, 9.17) is 16.3 Å². The van der Waals surface area contributed by atoms with Crippen molar-refractivity contribution in [2.75, 3.05) is 13.2 Å². The minimum absolute atomic E-state index is 0.252. The van der Waals surface area contributed by atoms with Crippen LogP contribution in [0.1, 0.15) is 41.3 Å². The standard InChI is InChI=1S/C19H21ClN2O3/c1-13(2)15-5-3-14(4-6-15)9-10-21-18(23)12-25-19(24)16-7-8-17(20)22-11-16/h3-8,11,13H,9-10,12H2,1-2H3,(H,21,23). The fourth-order valence-electron chi connectivity index (χ4n) is 2.18. The van der Waals surface area contributed by atoms with Crippen molar-refractivity contribution in [3.63, 3.8) is 0 Å². The normalized spacial score (nSPS) is 10.6. The fourth-order valence-corrected chi connectivity index (χ4v) is 2.29. The van der Waals surface area contributed by atoms with Gasteiger partial charge in [-0.15, -0.1) is 0 Å². The first-order chi connectivity index (χ1) is 12.0. The van der Waals surface area contributed by atoms with E-state index in [0.29, 0.717) is 12.5 Å². The first kappa shape index (κ1) is 18.9. The summed E-state index contributed by atoms with van der Waals surface area (Å²) in [4.78, 5) is 27.3. The molecular weight excluding hydrogens is 340 g/mol. The summed E-state index contributed by atoms with van der Waals surface area (Å²) in [6.45, 7) is 4.46. The number of esters is 1. The highest BCUT2D eigenvalue weighted by atomic mass is 35.5. The molecule has 25 heavy (non-hydrogen) atoms. The van der Waals surface area contributed by atoms with Gasteiger partial charge in [0, 0.05) is 12.7 Å². The van der Waals surface area contributed by atoms with Crippen LogP contribution in [-0.2, 0) is 16.0 Å². The van der Waals surface area contributed by atoms with Crippen molar-refractivity contribution in [1.82, 2.24) is 10.3 Å². The van der Waals surface area contributed by atoms with Crippen LogP contribution in [0.15, 0.2) is 42.6 Å². The Bertz CT molecular complexity index is 712. The second-order valence-electron chi connectivity index (χ2n) is 5.94. The van der Waals surface area contributed by atoms with E-state index < -0.39 is 5.97 Å². The molecule has 1 heterocycles. The molecular formula is C19H21ClN2O3. The Morgan fingerprint density at radius 3 is 2.48 bits per heavy atom. The molecule has 5 nitrogen and oxygen atoms in total. The van der Waals surface area contributed by atoms with Gasteiger partial charge in [0.1, 0.15) is 5.15 Å². The summed E-state index contributed by atoms with van der Waals surface area (Å²) in [5.74, 6) is -0.447. The lowest BCUT2D eigenvalue weighted by Crippen LogP contribution is -2.30. The smallest absolute Gasteiger partial charge is 0.340 e. The Balaban J connectivity index is 1.70. The molecule has 0 saturated heterocycles. The number of nitrogens with zero attached hydrogens (tertiary/aromatic N) is 1. The number of halogens is 1. The average molecular weight is 361 g/mol. The number of nitrogens with one attached hydrogen (secondary N) is 1. The van der Waals surface area contributed by atoms with Crippen LogP contribution >= 0.6 is 11.6 Å². The maximum Gasteiger partial charge on any atom is 0.340 e. The number of carbonyl (C=O) groups excluding carboxylic acids is 2. The molecule has 0 spiro atoms. The van der Waals surface area contributed by atoms with Gasteiger partial charge in [-0.25, -0.2) is 9.78 Å². The van der Waals surface area contributed by atoms with Gasteiger partial charge in [0.25, 0.3) is 5.91 Å². The van der Waals surface area contributed by atoms with Gasteiger partial charge in [0.15, 0.2) is 6.61 Å². The fraction of sp³-hybridized carbons (Fsp3) is 0.316. The van der Waals surface area contributed by atoms with Crippen LogP contribution in [0.25, 0.3) is 0 Å². The lowest BCUT2D eigenvalue weighted by Gasteiger charge is -2.08. The van der Waals surface area contributed by atoms with Gasteiger partial charge < -0.3 is 10.1 Å². The molecule has 0 bridgehead atoms. The number of benzene rings is 1. The number of hydrogen-bond acceptors (Lipinski definition) is 4. The lowest BCUT2D eigenvalue weighted by atomic mass is 10.0. The highest BCUT2D eigenvalue weighted by molar-refractivity contribution is 6.29. The quantitative estimate of drug-likeness (QED) is 0.607. The van der Waals surface area contributed by atoms with Gasteiger partial charge in [-0.1, -0.05) is 49.7 Å². The van der Waals surface area contributed by atoms with Crippen molar-refractivity contribution in [1.29, 1.82) is 0 Å². The predicted molar refractivity (Wildman–Crippen MR) is 96.8 cm³/mol. The minimum Gasteiger partial charge on any atom is -0.452 e. The van der Waals surface area contributed by atoms with E-state index in [2.05, 4.69) is 48.4 Å². The molecule has 0 atom stereocenters. The zero-order chi connectivity index (χ0) is 18.2. The maximum atomic E-state index is 11.8. The molecule has 0 aliphatic carbocycles. The van der Waals surface area contributed by atoms with Crippen molar-refractivity contribution < 1.29 is 14.3 Å². The van der Waals surface area contributed by atoms with Gasteiger partial charge in [-0.3, -0.25) is 4.79 Å². The molecule has 132 valence electrons. The van der Waals surface area contributed by atoms with Gasteiger partial charge in [0.2, 0.25) is 0 Å². The topological polar surface area (TPSA) is 68.3 Å². The number of hydrogen-bond donors (Lipinski definition) is 1. The number of pyridine rings is 1. The Hall–Kier alpha value is -2.40. The number of aromatic nitrogens is 1. The summed E-state index contributed by atoms with van der Waals surface area (Å²) in [5, 5.41) is 3.02. The highest BCUT2D eigenvalue weighted by Gasteiger charge is 2.10. The van der Waals surface area contributed by atoms with E-state index in [9.17, 15) is 9.59 Å². The molecule has 0 radical (unpaired) electrons. The number of ether oxygens (including phenoxy) is 1. The van der Waals surface area contributed by atoms with Crippen LogP contribution in [-0.4, -0.2) is 30.0 Å². The van der Waals surface area contributed by atoms with Crippen LogP contribution in [0.5, 0.6) is 0 Å². The second kappa shape index (κ2) is 9.18. The molecule has 2 rings (SSSR count). The molecule has 1 amide bonds. The monoisotopic (exact) mass is 360 g/mol. The third-order valence-electron chi connectivity index (χ3n) is 3.68. The SMILES string of the molecule is CC(C)c1ccc(CCNC(=O)COC(=O)c2ccc(Cl)nc2)cc1. The molecule has 6 heteroatoms. The Kier molecular flexibility index (Phi) is 6.95. The van der Waals surface area contributed by atoms with Crippen LogP contribution in [0.2, 0.25) is 5.15 Å². The molecule has 1 N–H and O–H groups in total. The molecule has 0 unspecified atom stereocenters. The Morgan fingerprint density at radius 1 is 1.16 bits per heavy atom. The van der Waals surface area contributed by atoms with Crippen molar-refractivity contribution in [2.24, 2.45) is 0 Å². The largest absolute Gasteiger partial charge is 0.452 e. The summed E-state index contributed by atoms with van der Waals surface area (Å²) in [7, 11) is 0. The summed E-state index contributed by atoms with van der Waals surface area (Å²) in [5.41, 5.74) is 2.69. The van der Waals surface area contributed by atoms with E-state index in [1.807, 2.05) is 0 Å². The summed E-state index contributed by atoms with van der Waals surface area (Å²) < 4.78 is 4.94. The highest BCUT2D eigenvalue weighted by Crippen LogP contribution is 2.14. The van der Waals surface area contributed by atoms with Crippen molar-refractivity contribution >= 4 is 23.5 Å². The molecule has 0 saturated carbocycles. The third kappa shape index (κ3) is 6.19. The third-order valence-corrected chi connectivity index (χ3v) is 3.90. The Morgan fingerprint density at radius 2 is 1.88 bits per heavy atom. The summed E-state index contributed by atoms with van der Waals surface area (Å²) >= 11 is 5.65. The number of amides is 1. The van der Waals surface area contributed by atoms with Crippen molar-refractivity contribution in [3.05, 3.63) is 64.4 Å². The number of carbonyl (C=O) groups is 2. The van der Waals surface area contributed by atoms with Crippen LogP contribution < -0.4 is 5.32 Å². The molecule has 0 aliphatic rings. The summed E-state index contributed by atoms with van der Waals surface area (Å²) in [6, 6.07) is 11.3. The Labute approximate surface area is 152 Å². The first-order valence-electron chi connectivity index (χ1n) is 8.10. The van der Waals surface area contributed by atoms with Crippen LogP contribution in [0.4, 0.5) is 0 Å².